The van der Waals surface area contributed by atoms with Gasteiger partial charge < -0.3 is 5.73 Å². The van der Waals surface area contributed by atoms with Crippen molar-refractivity contribution in [1.29, 1.82) is 0 Å². The van der Waals surface area contributed by atoms with Crippen LogP contribution >= 0.6 is 15.9 Å². The summed E-state index contributed by atoms with van der Waals surface area (Å²) in [4.78, 5) is 0. The normalized spacial score (nSPS) is 10.9. The van der Waals surface area contributed by atoms with Crippen LogP contribution in [-0.2, 0) is 6.42 Å². The summed E-state index contributed by atoms with van der Waals surface area (Å²) >= 11 is 3.31. The van der Waals surface area contributed by atoms with Crippen LogP contribution in [0.3, 0.4) is 0 Å². The molecule has 2 N–H and O–H groups in total. The molecule has 25 heavy (non-hydrogen) atoms. The van der Waals surface area contributed by atoms with Crippen LogP contribution in [-0.4, -0.2) is 18.9 Å². The van der Waals surface area contributed by atoms with Gasteiger partial charge in [-0.1, -0.05) is 64.5 Å². The number of nitrogens with two attached hydrogens (primary N) is 1. The molecule has 2 rings (SSSR count). The highest BCUT2D eigenvalue weighted by Crippen LogP contribution is 2.21. The predicted octanol–water partition coefficient (Wildman–Crippen LogP) is 6.14. The lowest BCUT2D eigenvalue weighted by atomic mass is 10.1. The molecule has 0 amide bonds. The maximum absolute atomic E-state index is 11.7. The molecule has 0 radical (unpaired) electrons. The largest absolute Gasteiger partial charge is 0.400 e. The van der Waals surface area contributed by atoms with Crippen LogP contribution in [0.1, 0.15) is 12.0 Å². The second-order valence-corrected chi connectivity index (χ2v) is 5.63. The van der Waals surface area contributed by atoms with Crippen molar-refractivity contribution in [2.24, 2.45) is 5.73 Å². The highest BCUT2D eigenvalue weighted by Gasteiger charge is 2.26. The third-order valence-corrected chi connectivity index (χ3v) is 3.03. The van der Waals surface area contributed by atoms with Crippen molar-refractivity contribution in [1.82, 2.24) is 0 Å². The molecular weight excluding hydrogens is 412 g/mol. The minimum absolute atomic E-state index is 0.0737. The van der Waals surface area contributed by atoms with Gasteiger partial charge in [0.25, 0.3) is 0 Å². The Hall–Kier alpha value is -1.54. The zero-order chi connectivity index (χ0) is 19.3. The molecule has 0 aliphatic rings. The summed E-state index contributed by atoms with van der Waals surface area (Å²) in [6.07, 6.45) is -8.89. The Kier molecular flexibility index (Phi) is 11.2. The second kappa shape index (κ2) is 11.9. The van der Waals surface area contributed by atoms with Gasteiger partial charge >= 0.3 is 12.4 Å². The summed E-state index contributed by atoms with van der Waals surface area (Å²) in [6, 6.07) is 18.6. The van der Waals surface area contributed by atoms with Crippen molar-refractivity contribution in [3.8, 4) is 0 Å². The molecule has 0 saturated heterocycles. The summed E-state index contributed by atoms with van der Waals surface area (Å²) in [5, 5.41) is 0. The van der Waals surface area contributed by atoms with Gasteiger partial charge in [0.15, 0.2) is 0 Å². The Bertz CT molecular complexity index is 555. The van der Waals surface area contributed by atoms with Crippen molar-refractivity contribution in [3.05, 3.63) is 70.7 Å². The van der Waals surface area contributed by atoms with Gasteiger partial charge in [-0.25, -0.2) is 0 Å². The molecule has 0 bridgehead atoms. The summed E-state index contributed by atoms with van der Waals surface area (Å²) in [7, 11) is 0. The van der Waals surface area contributed by atoms with Crippen molar-refractivity contribution >= 4 is 15.9 Å². The lowest BCUT2D eigenvalue weighted by Crippen LogP contribution is -2.21. The monoisotopic (exact) mass is 429 g/mol. The molecule has 0 saturated carbocycles. The summed E-state index contributed by atoms with van der Waals surface area (Å²) in [5.74, 6) is 0. The van der Waals surface area contributed by atoms with Crippen LogP contribution in [0.5, 0.6) is 0 Å². The molecule has 0 aromatic heterocycles. The SMILES string of the molecule is Brc1ccccc1.FC(F)(F)CCc1ccccc1.NCC(F)(F)F. The van der Waals surface area contributed by atoms with E-state index < -0.39 is 25.3 Å². The van der Waals surface area contributed by atoms with Gasteiger partial charge in [-0.15, -0.1) is 0 Å². The molecule has 0 fully saturated rings. The molecule has 0 unspecified atom stereocenters. The van der Waals surface area contributed by atoms with Gasteiger partial charge in [-0.3, -0.25) is 0 Å². The molecule has 0 aliphatic carbocycles. The molecule has 0 atom stereocenters. The maximum atomic E-state index is 11.7. The predicted molar refractivity (Wildman–Crippen MR) is 90.1 cm³/mol. The van der Waals surface area contributed by atoms with E-state index in [0.29, 0.717) is 0 Å². The van der Waals surface area contributed by atoms with Gasteiger partial charge in [0, 0.05) is 10.9 Å². The molecular formula is C17H18BrF6N. The Morgan fingerprint density at radius 3 is 1.40 bits per heavy atom. The summed E-state index contributed by atoms with van der Waals surface area (Å²) in [6.45, 7) is -1.23. The van der Waals surface area contributed by atoms with E-state index in [4.69, 9.17) is 0 Å². The summed E-state index contributed by atoms with van der Waals surface area (Å²) in [5.41, 5.74) is 4.91. The van der Waals surface area contributed by atoms with Gasteiger partial charge in [0.2, 0.25) is 0 Å². The van der Waals surface area contributed by atoms with Crippen molar-refractivity contribution in [2.75, 3.05) is 6.54 Å². The van der Waals surface area contributed by atoms with Crippen LogP contribution in [0.4, 0.5) is 26.3 Å². The fourth-order valence-corrected chi connectivity index (χ4v) is 1.65. The maximum Gasteiger partial charge on any atom is 0.400 e. The topological polar surface area (TPSA) is 26.0 Å². The average Bonchev–Trinajstić information content (AvgIpc) is 2.55. The minimum atomic E-state index is -4.18. The molecule has 1 nitrogen and oxygen atoms in total. The van der Waals surface area contributed by atoms with E-state index in [1.807, 2.05) is 30.3 Å². The third kappa shape index (κ3) is 17.1. The van der Waals surface area contributed by atoms with E-state index in [1.54, 1.807) is 30.3 Å². The summed E-state index contributed by atoms with van der Waals surface area (Å²) < 4.78 is 68.3. The first kappa shape index (κ1) is 23.5. The lowest BCUT2D eigenvalue weighted by Gasteiger charge is -2.04. The van der Waals surface area contributed by atoms with Crippen molar-refractivity contribution in [3.63, 3.8) is 0 Å². The Labute approximate surface area is 151 Å². The fourth-order valence-electron chi connectivity index (χ4n) is 1.35. The van der Waals surface area contributed by atoms with E-state index in [1.165, 1.54) is 0 Å². The van der Waals surface area contributed by atoms with Crippen LogP contribution in [0.2, 0.25) is 0 Å². The van der Waals surface area contributed by atoms with Gasteiger partial charge in [0.1, 0.15) is 0 Å². The highest BCUT2D eigenvalue weighted by atomic mass is 79.9. The molecule has 0 spiro atoms. The zero-order valence-electron chi connectivity index (χ0n) is 13.1. The molecule has 0 heterocycles. The number of hydrogen-bond acceptors (Lipinski definition) is 1. The number of rotatable bonds is 2. The smallest absolute Gasteiger partial charge is 0.323 e. The lowest BCUT2D eigenvalue weighted by molar-refractivity contribution is -0.134. The quantitative estimate of drug-likeness (QED) is 0.570. The number of hydrogen-bond donors (Lipinski definition) is 1. The van der Waals surface area contributed by atoms with Gasteiger partial charge in [-0.2, -0.15) is 26.3 Å². The van der Waals surface area contributed by atoms with Crippen LogP contribution in [0.25, 0.3) is 0 Å². The third-order valence-electron chi connectivity index (χ3n) is 2.50. The van der Waals surface area contributed by atoms with E-state index in [0.717, 1.165) is 10.0 Å². The van der Waals surface area contributed by atoms with Gasteiger partial charge in [-0.05, 0) is 24.1 Å². The van der Waals surface area contributed by atoms with Crippen molar-refractivity contribution in [2.45, 2.75) is 25.2 Å². The Morgan fingerprint density at radius 1 is 0.720 bits per heavy atom. The van der Waals surface area contributed by atoms with Crippen LogP contribution < -0.4 is 5.73 Å². The van der Waals surface area contributed by atoms with Crippen LogP contribution in [0.15, 0.2) is 65.1 Å². The first-order valence-electron chi connectivity index (χ1n) is 7.11. The van der Waals surface area contributed by atoms with Crippen LogP contribution in [0, 0.1) is 0 Å². The first-order valence-corrected chi connectivity index (χ1v) is 7.91. The second-order valence-electron chi connectivity index (χ2n) is 4.72. The Balaban J connectivity index is 0.000000378. The molecule has 2 aromatic carbocycles. The first-order chi connectivity index (χ1) is 11.5. The molecule has 8 heteroatoms. The molecule has 0 aliphatic heterocycles. The van der Waals surface area contributed by atoms with E-state index in [9.17, 15) is 26.3 Å². The zero-order valence-corrected chi connectivity index (χ0v) is 14.7. The number of alkyl halides is 6. The van der Waals surface area contributed by atoms with E-state index in [2.05, 4.69) is 21.7 Å². The molecule has 140 valence electrons. The molecule has 2 aromatic rings. The highest BCUT2D eigenvalue weighted by molar-refractivity contribution is 9.10. The van der Waals surface area contributed by atoms with E-state index in [-0.39, 0.29) is 6.42 Å². The average molecular weight is 430 g/mol. The van der Waals surface area contributed by atoms with E-state index >= 15 is 0 Å². The fraction of sp³-hybridized carbons (Fsp3) is 0.294. The number of halogens is 7. The number of benzene rings is 2. The number of aryl methyl sites for hydroxylation is 1. The Morgan fingerprint density at radius 2 is 1.12 bits per heavy atom. The van der Waals surface area contributed by atoms with Crippen molar-refractivity contribution < 1.29 is 26.3 Å². The van der Waals surface area contributed by atoms with Gasteiger partial charge in [0.05, 0.1) is 6.54 Å². The standard InChI is InChI=1S/C9H9F3.C6H5Br.C2H4F3N/c10-9(11,12)7-6-8-4-2-1-3-5-8;7-6-4-2-1-3-5-6;3-2(4,5)1-6/h1-5H,6-7H2;1-5H;1,6H2. The minimum Gasteiger partial charge on any atom is -0.323 e.